The van der Waals surface area contributed by atoms with Gasteiger partial charge in [-0.3, -0.25) is 9.78 Å². The van der Waals surface area contributed by atoms with Crippen LogP contribution in [-0.2, 0) is 12.7 Å². The van der Waals surface area contributed by atoms with E-state index in [1.807, 2.05) is 0 Å². The zero-order valence-electron chi connectivity index (χ0n) is 14.3. The van der Waals surface area contributed by atoms with E-state index in [0.29, 0.717) is 0 Å². The van der Waals surface area contributed by atoms with Gasteiger partial charge in [-0.2, -0.15) is 13.2 Å². The van der Waals surface area contributed by atoms with Crippen molar-refractivity contribution in [2.45, 2.75) is 12.7 Å². The van der Waals surface area contributed by atoms with Gasteiger partial charge in [-0.05, 0) is 42.0 Å². The number of carbonyl (C=O) groups excluding carboxylic acids is 1. The Labute approximate surface area is 157 Å². The molecular formula is C19H14F4N4O. The molecule has 0 radical (unpaired) electrons. The Balaban J connectivity index is 1.75. The lowest BCUT2D eigenvalue weighted by Crippen LogP contribution is -2.16. The third kappa shape index (κ3) is 4.81. The van der Waals surface area contributed by atoms with Crippen LogP contribution in [0.3, 0.4) is 0 Å². The van der Waals surface area contributed by atoms with Gasteiger partial charge in [-0.1, -0.05) is 12.1 Å². The molecule has 0 spiro atoms. The maximum Gasteiger partial charge on any atom is 0.433 e. The summed E-state index contributed by atoms with van der Waals surface area (Å²) >= 11 is 0. The normalized spacial score (nSPS) is 11.1. The van der Waals surface area contributed by atoms with Crippen LogP contribution in [0.15, 0.2) is 60.9 Å². The monoisotopic (exact) mass is 390 g/mol. The highest BCUT2D eigenvalue weighted by Crippen LogP contribution is 2.29. The van der Waals surface area contributed by atoms with Crippen molar-refractivity contribution >= 4 is 17.4 Å². The summed E-state index contributed by atoms with van der Waals surface area (Å²) in [4.78, 5) is 19.9. The molecule has 0 aliphatic rings. The van der Waals surface area contributed by atoms with Crippen molar-refractivity contribution in [3.8, 4) is 0 Å². The van der Waals surface area contributed by atoms with Crippen LogP contribution in [0.4, 0.5) is 29.1 Å². The first-order valence-corrected chi connectivity index (χ1v) is 8.11. The maximum absolute atomic E-state index is 13.0. The number of benzene rings is 1. The fourth-order valence-corrected chi connectivity index (χ4v) is 2.38. The lowest BCUT2D eigenvalue weighted by Gasteiger charge is -2.12. The topological polar surface area (TPSA) is 66.9 Å². The van der Waals surface area contributed by atoms with Crippen LogP contribution in [0.1, 0.15) is 21.6 Å². The fourth-order valence-electron chi connectivity index (χ4n) is 2.38. The smallest absolute Gasteiger partial charge is 0.365 e. The van der Waals surface area contributed by atoms with Gasteiger partial charge in [0.05, 0.1) is 5.56 Å². The van der Waals surface area contributed by atoms with Gasteiger partial charge in [0.25, 0.3) is 5.91 Å². The summed E-state index contributed by atoms with van der Waals surface area (Å²) in [7, 11) is 0. The van der Waals surface area contributed by atoms with Gasteiger partial charge in [-0.15, -0.1) is 0 Å². The average Bonchev–Trinajstić information content (AvgIpc) is 2.67. The Morgan fingerprint density at radius 1 is 1.00 bits per heavy atom. The molecule has 2 heterocycles. The van der Waals surface area contributed by atoms with Crippen molar-refractivity contribution in [1.82, 2.24) is 9.97 Å². The summed E-state index contributed by atoms with van der Waals surface area (Å²) in [6.07, 6.45) is -2.18. The number of halogens is 4. The number of nitrogens with zero attached hydrogens (tertiary/aromatic N) is 2. The van der Waals surface area contributed by atoms with Gasteiger partial charge >= 0.3 is 6.18 Å². The van der Waals surface area contributed by atoms with Gasteiger partial charge < -0.3 is 10.6 Å². The Hall–Kier alpha value is -3.49. The van der Waals surface area contributed by atoms with E-state index in [4.69, 9.17) is 0 Å². The molecule has 0 atom stereocenters. The highest BCUT2D eigenvalue weighted by molar-refractivity contribution is 6.07. The molecule has 0 saturated heterocycles. The number of alkyl halides is 3. The predicted molar refractivity (Wildman–Crippen MR) is 95.2 cm³/mol. The highest BCUT2D eigenvalue weighted by Gasteiger charge is 2.32. The molecule has 0 aliphatic heterocycles. The van der Waals surface area contributed by atoms with E-state index in [1.54, 1.807) is 12.1 Å². The summed E-state index contributed by atoms with van der Waals surface area (Å²) in [5.41, 5.74) is -0.232. The van der Waals surface area contributed by atoms with Crippen LogP contribution < -0.4 is 10.6 Å². The first kappa shape index (κ1) is 19.3. The molecule has 1 aromatic carbocycles. The summed E-state index contributed by atoms with van der Waals surface area (Å²) < 4.78 is 51.2. The first-order chi connectivity index (χ1) is 13.3. The van der Waals surface area contributed by atoms with Crippen LogP contribution in [0, 0.1) is 5.82 Å². The van der Waals surface area contributed by atoms with Crippen LogP contribution in [-0.4, -0.2) is 15.9 Å². The molecule has 0 unspecified atom stereocenters. The summed E-state index contributed by atoms with van der Waals surface area (Å²) in [5.74, 6) is -0.749. The van der Waals surface area contributed by atoms with Gasteiger partial charge in [0.15, 0.2) is 0 Å². The van der Waals surface area contributed by atoms with Crippen LogP contribution in [0.5, 0.6) is 0 Å². The van der Waals surface area contributed by atoms with Gasteiger partial charge in [0, 0.05) is 24.6 Å². The van der Waals surface area contributed by atoms with Gasteiger partial charge in [0.1, 0.15) is 17.3 Å². The first-order valence-electron chi connectivity index (χ1n) is 8.11. The van der Waals surface area contributed by atoms with Crippen molar-refractivity contribution in [2.75, 3.05) is 10.6 Å². The Bertz CT molecular complexity index is 974. The minimum absolute atomic E-state index is 0.0411. The van der Waals surface area contributed by atoms with Crippen LogP contribution >= 0.6 is 0 Å². The average molecular weight is 390 g/mol. The van der Waals surface area contributed by atoms with E-state index in [1.165, 1.54) is 36.5 Å². The van der Waals surface area contributed by atoms with E-state index in [2.05, 4.69) is 20.6 Å². The SMILES string of the molecule is O=C(Nc1ccnc(C(F)(F)F)c1)c1cccnc1NCc1ccc(F)cc1. The Morgan fingerprint density at radius 2 is 1.75 bits per heavy atom. The number of rotatable bonds is 5. The molecule has 0 saturated carbocycles. The van der Waals surface area contributed by atoms with Crippen molar-refractivity contribution in [2.24, 2.45) is 0 Å². The third-order valence-corrected chi connectivity index (χ3v) is 3.73. The largest absolute Gasteiger partial charge is 0.433 e. The van der Waals surface area contributed by atoms with E-state index in [9.17, 15) is 22.4 Å². The molecule has 3 rings (SSSR count). The number of anilines is 2. The standard InChI is InChI=1S/C19H14F4N4O/c20-13-5-3-12(4-6-13)11-26-17-15(2-1-8-25-17)18(28)27-14-7-9-24-16(10-14)19(21,22)23/h1-10H,11H2,(H,25,26)(H,24,27,28). The molecule has 2 N–H and O–H groups in total. The second kappa shape index (κ2) is 8.03. The van der Waals surface area contributed by atoms with E-state index in [-0.39, 0.29) is 29.4 Å². The van der Waals surface area contributed by atoms with E-state index >= 15 is 0 Å². The number of hydrogen-bond acceptors (Lipinski definition) is 4. The minimum atomic E-state index is -4.61. The molecule has 3 aromatic rings. The second-order valence-electron chi connectivity index (χ2n) is 5.76. The van der Waals surface area contributed by atoms with Gasteiger partial charge in [-0.25, -0.2) is 9.37 Å². The third-order valence-electron chi connectivity index (χ3n) is 3.73. The lowest BCUT2D eigenvalue weighted by molar-refractivity contribution is -0.141. The zero-order valence-corrected chi connectivity index (χ0v) is 14.3. The van der Waals surface area contributed by atoms with Crippen molar-refractivity contribution in [3.63, 3.8) is 0 Å². The molecule has 0 bridgehead atoms. The molecule has 9 heteroatoms. The fraction of sp³-hybridized carbons (Fsp3) is 0.105. The van der Waals surface area contributed by atoms with Crippen LogP contribution in [0.2, 0.25) is 0 Å². The number of pyridine rings is 2. The molecule has 144 valence electrons. The number of nitrogens with one attached hydrogen (secondary N) is 2. The second-order valence-corrected chi connectivity index (χ2v) is 5.76. The highest BCUT2D eigenvalue weighted by atomic mass is 19.4. The molecule has 0 fully saturated rings. The Kier molecular flexibility index (Phi) is 5.53. The van der Waals surface area contributed by atoms with E-state index < -0.39 is 17.8 Å². The maximum atomic E-state index is 13.0. The van der Waals surface area contributed by atoms with Crippen molar-refractivity contribution in [3.05, 3.63) is 83.6 Å². The number of amides is 1. The van der Waals surface area contributed by atoms with Crippen molar-refractivity contribution < 1.29 is 22.4 Å². The minimum Gasteiger partial charge on any atom is -0.365 e. The van der Waals surface area contributed by atoms with E-state index in [0.717, 1.165) is 17.8 Å². The molecular weight excluding hydrogens is 376 g/mol. The molecule has 0 aliphatic carbocycles. The number of hydrogen-bond donors (Lipinski definition) is 2. The lowest BCUT2D eigenvalue weighted by atomic mass is 10.2. The van der Waals surface area contributed by atoms with Crippen molar-refractivity contribution in [1.29, 1.82) is 0 Å². The number of aromatic nitrogens is 2. The molecule has 28 heavy (non-hydrogen) atoms. The Morgan fingerprint density at radius 3 is 2.46 bits per heavy atom. The quantitative estimate of drug-likeness (QED) is 0.630. The number of carbonyl (C=O) groups is 1. The summed E-state index contributed by atoms with van der Waals surface area (Å²) in [6.45, 7) is 0.283. The predicted octanol–water partition coefficient (Wildman–Crippen LogP) is 4.50. The molecule has 5 nitrogen and oxygen atoms in total. The summed E-state index contributed by atoms with van der Waals surface area (Å²) in [5, 5.41) is 5.37. The summed E-state index contributed by atoms with van der Waals surface area (Å²) in [6, 6.07) is 10.8. The zero-order chi connectivity index (χ0) is 20.1. The molecule has 2 aromatic heterocycles. The van der Waals surface area contributed by atoms with Crippen LogP contribution in [0.25, 0.3) is 0 Å². The van der Waals surface area contributed by atoms with Gasteiger partial charge in [0.2, 0.25) is 0 Å². The molecule has 1 amide bonds.